The zero-order valence-electron chi connectivity index (χ0n) is 25.0. The lowest BCUT2D eigenvalue weighted by molar-refractivity contribution is 0.645. The van der Waals surface area contributed by atoms with Crippen LogP contribution in [-0.2, 0) is 5.41 Å². The fraction of sp³-hybridized carbons (Fsp3) is 0.0698. The summed E-state index contributed by atoms with van der Waals surface area (Å²) >= 11 is 0. The second-order valence-corrected chi connectivity index (χ2v) is 12.2. The molecular weight excluding hydrogens is 530 g/mol. The molecule has 210 valence electrons. The smallest absolute Gasteiger partial charge is 0.0467 e. The van der Waals surface area contributed by atoms with Crippen molar-refractivity contribution in [1.29, 1.82) is 0 Å². The molecule has 0 spiro atoms. The Hall–Kier alpha value is -5.40. The standard InChI is InChI=1S/C43H33N/c1-43(2)39-23-13-16-31-24-26-37(30-14-6-3-7-15-30)42(41(31)39)38-27-25-33(29-40(38)43)32-17-12-22-36(28-32)44(34-18-8-4-9-19-34)35-20-10-5-11-21-35/h3-29H,1-2H3. The molecule has 44 heavy (non-hydrogen) atoms. The van der Waals surface area contributed by atoms with E-state index in [1.807, 2.05) is 0 Å². The minimum atomic E-state index is -0.148. The molecule has 0 radical (unpaired) electrons. The summed E-state index contributed by atoms with van der Waals surface area (Å²) in [5, 5.41) is 2.68. The van der Waals surface area contributed by atoms with E-state index >= 15 is 0 Å². The summed E-state index contributed by atoms with van der Waals surface area (Å²) in [7, 11) is 0. The van der Waals surface area contributed by atoms with Crippen LogP contribution in [0.4, 0.5) is 17.1 Å². The molecule has 0 heterocycles. The number of benzene rings is 7. The van der Waals surface area contributed by atoms with Crippen molar-refractivity contribution in [3.05, 3.63) is 175 Å². The van der Waals surface area contributed by atoms with E-state index in [9.17, 15) is 0 Å². The van der Waals surface area contributed by atoms with E-state index in [4.69, 9.17) is 0 Å². The first-order chi connectivity index (χ1) is 21.6. The van der Waals surface area contributed by atoms with Gasteiger partial charge in [0.1, 0.15) is 0 Å². The molecule has 0 bridgehead atoms. The fourth-order valence-electron chi connectivity index (χ4n) is 7.07. The van der Waals surface area contributed by atoms with Crippen molar-refractivity contribution in [3.63, 3.8) is 0 Å². The molecule has 0 saturated carbocycles. The first kappa shape index (κ1) is 26.2. The molecule has 0 N–H and O–H groups in total. The molecule has 7 aromatic rings. The zero-order valence-corrected chi connectivity index (χ0v) is 25.0. The predicted octanol–water partition coefficient (Wildman–Crippen LogP) is 11.9. The van der Waals surface area contributed by atoms with E-state index in [1.165, 1.54) is 55.3 Å². The number of nitrogens with zero attached hydrogens (tertiary/aromatic N) is 1. The van der Waals surface area contributed by atoms with Crippen LogP contribution < -0.4 is 4.90 Å². The van der Waals surface area contributed by atoms with Gasteiger partial charge in [-0.25, -0.2) is 0 Å². The molecule has 8 rings (SSSR count). The minimum Gasteiger partial charge on any atom is -0.310 e. The topological polar surface area (TPSA) is 3.24 Å². The Bertz CT molecular complexity index is 2090. The average molecular weight is 564 g/mol. The summed E-state index contributed by atoms with van der Waals surface area (Å²) in [6.45, 7) is 4.76. The second-order valence-electron chi connectivity index (χ2n) is 12.2. The largest absolute Gasteiger partial charge is 0.310 e. The van der Waals surface area contributed by atoms with Gasteiger partial charge in [0.2, 0.25) is 0 Å². The molecule has 0 fully saturated rings. The van der Waals surface area contributed by atoms with Crippen molar-refractivity contribution in [1.82, 2.24) is 0 Å². The van der Waals surface area contributed by atoms with Crippen molar-refractivity contribution < 1.29 is 0 Å². The summed E-state index contributed by atoms with van der Waals surface area (Å²) in [5.41, 5.74) is 13.7. The Morgan fingerprint density at radius 3 is 1.68 bits per heavy atom. The Kier molecular flexibility index (Phi) is 6.20. The van der Waals surface area contributed by atoms with Gasteiger partial charge in [-0.1, -0.05) is 135 Å². The quantitative estimate of drug-likeness (QED) is 0.201. The number of hydrogen-bond acceptors (Lipinski definition) is 1. The molecule has 0 aliphatic heterocycles. The zero-order chi connectivity index (χ0) is 29.7. The molecule has 0 saturated heterocycles. The summed E-state index contributed by atoms with van der Waals surface area (Å²) in [6.07, 6.45) is 0. The summed E-state index contributed by atoms with van der Waals surface area (Å²) < 4.78 is 0. The first-order valence-corrected chi connectivity index (χ1v) is 15.4. The number of hydrogen-bond donors (Lipinski definition) is 0. The van der Waals surface area contributed by atoms with E-state index in [0.29, 0.717) is 0 Å². The van der Waals surface area contributed by atoms with Crippen LogP contribution in [0.3, 0.4) is 0 Å². The van der Waals surface area contributed by atoms with E-state index in [1.54, 1.807) is 0 Å². The predicted molar refractivity (Wildman–Crippen MR) is 187 cm³/mol. The van der Waals surface area contributed by atoms with Crippen molar-refractivity contribution in [2.45, 2.75) is 19.3 Å². The molecule has 1 aliphatic carbocycles. The normalized spacial score (nSPS) is 13.0. The number of para-hydroxylation sites is 2. The van der Waals surface area contributed by atoms with Gasteiger partial charge in [-0.05, 0) is 97.7 Å². The Morgan fingerprint density at radius 2 is 0.977 bits per heavy atom. The first-order valence-electron chi connectivity index (χ1n) is 15.4. The lowest BCUT2D eigenvalue weighted by Crippen LogP contribution is -2.24. The highest BCUT2D eigenvalue weighted by Gasteiger charge is 2.35. The summed E-state index contributed by atoms with van der Waals surface area (Å²) in [6, 6.07) is 59.5. The third-order valence-electron chi connectivity index (χ3n) is 9.23. The molecule has 0 aromatic heterocycles. The Labute approximate surface area is 259 Å². The highest BCUT2D eigenvalue weighted by Crippen LogP contribution is 2.52. The Balaban J connectivity index is 1.31. The van der Waals surface area contributed by atoms with E-state index < -0.39 is 0 Å². The molecule has 0 amide bonds. The van der Waals surface area contributed by atoms with Gasteiger partial charge in [0.15, 0.2) is 0 Å². The van der Waals surface area contributed by atoms with Gasteiger partial charge >= 0.3 is 0 Å². The average Bonchev–Trinajstić information content (AvgIpc) is 3.08. The van der Waals surface area contributed by atoms with Crippen LogP contribution in [0.5, 0.6) is 0 Å². The van der Waals surface area contributed by atoms with Crippen molar-refractivity contribution >= 4 is 27.8 Å². The van der Waals surface area contributed by atoms with Crippen molar-refractivity contribution in [2.24, 2.45) is 0 Å². The van der Waals surface area contributed by atoms with Crippen LogP contribution in [0.2, 0.25) is 0 Å². The van der Waals surface area contributed by atoms with Gasteiger partial charge in [-0.3, -0.25) is 0 Å². The van der Waals surface area contributed by atoms with Crippen LogP contribution in [0.15, 0.2) is 164 Å². The summed E-state index contributed by atoms with van der Waals surface area (Å²) in [5.74, 6) is 0. The molecule has 0 atom stereocenters. The highest BCUT2D eigenvalue weighted by molar-refractivity contribution is 6.09. The maximum Gasteiger partial charge on any atom is 0.0467 e. The Morgan fingerprint density at radius 1 is 0.409 bits per heavy atom. The lowest BCUT2D eigenvalue weighted by atomic mass is 9.67. The minimum absolute atomic E-state index is 0.148. The highest BCUT2D eigenvalue weighted by atomic mass is 15.1. The molecule has 1 aliphatic rings. The number of rotatable bonds is 5. The van der Waals surface area contributed by atoms with Gasteiger partial charge in [0.05, 0.1) is 0 Å². The molecule has 1 heteroatoms. The maximum absolute atomic E-state index is 2.44. The van der Waals surface area contributed by atoms with E-state index in [0.717, 1.165) is 17.1 Å². The van der Waals surface area contributed by atoms with Crippen LogP contribution in [-0.4, -0.2) is 0 Å². The fourth-order valence-corrected chi connectivity index (χ4v) is 7.07. The summed E-state index contributed by atoms with van der Waals surface area (Å²) in [4.78, 5) is 2.33. The molecule has 7 aromatic carbocycles. The van der Waals surface area contributed by atoms with Crippen molar-refractivity contribution in [2.75, 3.05) is 4.90 Å². The SMILES string of the molecule is CC1(C)c2cc(-c3cccc(N(c4ccccc4)c4ccccc4)c3)ccc2-c2c(-c3ccccc3)ccc3cccc1c23. The van der Waals surface area contributed by atoms with Gasteiger partial charge in [-0.2, -0.15) is 0 Å². The monoisotopic (exact) mass is 563 g/mol. The van der Waals surface area contributed by atoms with Gasteiger partial charge in [-0.15, -0.1) is 0 Å². The number of anilines is 3. The van der Waals surface area contributed by atoms with E-state index in [2.05, 4.69) is 183 Å². The van der Waals surface area contributed by atoms with Gasteiger partial charge in [0, 0.05) is 22.5 Å². The van der Waals surface area contributed by atoms with Crippen LogP contribution >= 0.6 is 0 Å². The molecule has 1 nitrogen and oxygen atoms in total. The van der Waals surface area contributed by atoms with Crippen LogP contribution in [0.25, 0.3) is 44.2 Å². The third kappa shape index (κ3) is 4.24. The third-order valence-corrected chi connectivity index (χ3v) is 9.23. The second kappa shape index (κ2) is 10.4. The number of fused-ring (bicyclic) bond motifs is 2. The molecular formula is C43H33N. The van der Waals surface area contributed by atoms with Gasteiger partial charge < -0.3 is 4.90 Å². The lowest BCUT2D eigenvalue weighted by Gasteiger charge is -2.36. The van der Waals surface area contributed by atoms with Crippen molar-refractivity contribution in [3.8, 4) is 33.4 Å². The van der Waals surface area contributed by atoms with Crippen LogP contribution in [0.1, 0.15) is 25.0 Å². The van der Waals surface area contributed by atoms with E-state index in [-0.39, 0.29) is 5.41 Å². The van der Waals surface area contributed by atoms with Crippen LogP contribution in [0, 0.1) is 0 Å². The molecule has 0 unspecified atom stereocenters. The maximum atomic E-state index is 2.44. The van der Waals surface area contributed by atoms with Gasteiger partial charge in [0.25, 0.3) is 0 Å².